The second-order valence-corrected chi connectivity index (χ2v) is 5.58. The maximum atomic E-state index is 5.55. The lowest BCUT2D eigenvalue weighted by atomic mass is 9.96. The van der Waals surface area contributed by atoms with Crippen molar-refractivity contribution in [2.75, 3.05) is 0 Å². The summed E-state index contributed by atoms with van der Waals surface area (Å²) in [7, 11) is 0. The summed E-state index contributed by atoms with van der Waals surface area (Å²) in [6.45, 7) is 10.2. The molecule has 15 heavy (non-hydrogen) atoms. The number of ether oxygens (including phenoxy) is 1. The Kier molecular flexibility index (Phi) is 3.71. The van der Waals surface area contributed by atoms with Crippen molar-refractivity contribution in [3.8, 4) is 5.88 Å². The predicted molar refractivity (Wildman–Crippen MR) is 64.2 cm³/mol. The minimum atomic E-state index is -0.0706. The summed E-state index contributed by atoms with van der Waals surface area (Å²) < 4.78 is 6.31. The molecule has 1 aromatic rings. The molecule has 0 aliphatic carbocycles. The molecule has 4 heteroatoms. The molecule has 0 radical (unpaired) electrons. The molecule has 84 valence electrons. The maximum absolute atomic E-state index is 5.55. The molecule has 1 rings (SSSR count). The van der Waals surface area contributed by atoms with Gasteiger partial charge in [-0.25, -0.2) is 4.98 Å². The summed E-state index contributed by atoms with van der Waals surface area (Å²) in [5.41, 5.74) is -0.0706. The van der Waals surface area contributed by atoms with Crippen LogP contribution in [0.15, 0.2) is 10.7 Å². The van der Waals surface area contributed by atoms with E-state index < -0.39 is 0 Å². The third kappa shape index (κ3) is 3.78. The second-order valence-electron chi connectivity index (χ2n) is 4.77. The summed E-state index contributed by atoms with van der Waals surface area (Å²) in [6, 6.07) is 1.79. The van der Waals surface area contributed by atoms with E-state index in [2.05, 4.69) is 46.7 Å². The Hall–Kier alpha value is -0.640. The van der Waals surface area contributed by atoms with Gasteiger partial charge in [0.15, 0.2) is 0 Å². The molecule has 0 spiro atoms. The van der Waals surface area contributed by atoms with Gasteiger partial charge in [-0.1, -0.05) is 20.8 Å². The van der Waals surface area contributed by atoms with Gasteiger partial charge in [-0.2, -0.15) is 4.98 Å². The number of hydrogen-bond acceptors (Lipinski definition) is 3. The largest absolute Gasteiger partial charge is 0.475 e. The van der Waals surface area contributed by atoms with Crippen molar-refractivity contribution in [2.45, 2.75) is 46.1 Å². The van der Waals surface area contributed by atoms with E-state index >= 15 is 0 Å². The molecular formula is C11H17BrN2O. The van der Waals surface area contributed by atoms with Crippen LogP contribution in [-0.4, -0.2) is 16.1 Å². The monoisotopic (exact) mass is 272 g/mol. The molecule has 3 nitrogen and oxygen atoms in total. The minimum Gasteiger partial charge on any atom is -0.475 e. The van der Waals surface area contributed by atoms with Gasteiger partial charge in [0, 0.05) is 11.5 Å². The number of halogens is 1. The van der Waals surface area contributed by atoms with Crippen molar-refractivity contribution in [3.63, 3.8) is 0 Å². The third-order valence-corrected chi connectivity index (χ3v) is 2.10. The highest BCUT2D eigenvalue weighted by Gasteiger charge is 2.19. The maximum Gasteiger partial charge on any atom is 0.217 e. The van der Waals surface area contributed by atoms with Crippen LogP contribution in [0.25, 0.3) is 0 Å². The predicted octanol–water partition coefficient (Wildman–Crippen LogP) is 3.32. The van der Waals surface area contributed by atoms with Crippen LogP contribution in [-0.2, 0) is 5.41 Å². The highest BCUT2D eigenvalue weighted by Crippen LogP contribution is 2.23. The van der Waals surface area contributed by atoms with Crippen LogP contribution in [0.1, 0.15) is 40.4 Å². The minimum absolute atomic E-state index is 0.0706. The van der Waals surface area contributed by atoms with Crippen molar-refractivity contribution in [2.24, 2.45) is 0 Å². The van der Waals surface area contributed by atoms with E-state index in [9.17, 15) is 0 Å². The summed E-state index contributed by atoms with van der Waals surface area (Å²) in [5.74, 6) is 1.41. The third-order valence-electron chi connectivity index (χ3n) is 1.70. The van der Waals surface area contributed by atoms with Gasteiger partial charge in [0.25, 0.3) is 0 Å². The molecule has 0 N–H and O–H groups in total. The molecule has 1 heterocycles. The molecule has 0 atom stereocenters. The van der Waals surface area contributed by atoms with E-state index in [0.717, 1.165) is 10.4 Å². The molecular weight excluding hydrogens is 256 g/mol. The van der Waals surface area contributed by atoms with Gasteiger partial charge in [-0.3, -0.25) is 0 Å². The van der Waals surface area contributed by atoms with Gasteiger partial charge in [-0.15, -0.1) is 0 Å². The van der Waals surface area contributed by atoms with Crippen LogP contribution >= 0.6 is 15.9 Å². The zero-order valence-electron chi connectivity index (χ0n) is 9.84. The molecule has 0 aromatic carbocycles. The van der Waals surface area contributed by atoms with Crippen molar-refractivity contribution < 1.29 is 4.74 Å². The average Bonchev–Trinajstić information content (AvgIpc) is 1.99. The number of hydrogen-bond donors (Lipinski definition) is 0. The van der Waals surface area contributed by atoms with E-state index in [1.165, 1.54) is 0 Å². The quantitative estimate of drug-likeness (QED) is 0.775. The van der Waals surface area contributed by atoms with Crippen LogP contribution in [0.2, 0.25) is 0 Å². The van der Waals surface area contributed by atoms with Gasteiger partial charge in [0.1, 0.15) is 10.4 Å². The van der Waals surface area contributed by atoms with Gasteiger partial charge >= 0.3 is 0 Å². The molecule has 1 aromatic heterocycles. The molecule has 0 saturated heterocycles. The standard InChI is InChI=1S/C11H17BrN2O/c1-7(2)15-9-6-8(12)13-10(14-9)11(3,4)5/h6-7H,1-5H3. The number of nitrogens with zero attached hydrogens (tertiary/aromatic N) is 2. The van der Waals surface area contributed by atoms with Gasteiger partial charge in [-0.05, 0) is 29.8 Å². The summed E-state index contributed by atoms with van der Waals surface area (Å²) in [6.07, 6.45) is 0.125. The summed E-state index contributed by atoms with van der Waals surface area (Å²) in [5, 5.41) is 0. The molecule has 0 bridgehead atoms. The lowest BCUT2D eigenvalue weighted by Gasteiger charge is -2.18. The normalized spacial score (nSPS) is 11.9. The van der Waals surface area contributed by atoms with Crippen LogP contribution in [0, 0.1) is 0 Å². The fourth-order valence-electron chi connectivity index (χ4n) is 1.03. The topological polar surface area (TPSA) is 35.0 Å². The number of aromatic nitrogens is 2. The number of rotatable bonds is 2. The Morgan fingerprint density at radius 2 is 1.87 bits per heavy atom. The Morgan fingerprint density at radius 3 is 2.33 bits per heavy atom. The van der Waals surface area contributed by atoms with Crippen molar-refractivity contribution >= 4 is 15.9 Å². The van der Waals surface area contributed by atoms with E-state index in [1.807, 2.05) is 13.8 Å². The lowest BCUT2D eigenvalue weighted by Crippen LogP contribution is -2.17. The first-order chi connectivity index (χ1) is 6.79. The van der Waals surface area contributed by atoms with E-state index in [1.54, 1.807) is 6.07 Å². The highest BCUT2D eigenvalue weighted by atomic mass is 79.9. The SMILES string of the molecule is CC(C)Oc1cc(Br)nc(C(C)(C)C)n1. The molecule has 0 saturated carbocycles. The smallest absolute Gasteiger partial charge is 0.217 e. The second kappa shape index (κ2) is 4.47. The first-order valence-corrected chi connectivity index (χ1v) is 5.80. The highest BCUT2D eigenvalue weighted by molar-refractivity contribution is 9.10. The van der Waals surface area contributed by atoms with Crippen LogP contribution in [0.5, 0.6) is 5.88 Å². The van der Waals surface area contributed by atoms with Crippen molar-refractivity contribution in [3.05, 3.63) is 16.5 Å². The molecule has 0 amide bonds. The fraction of sp³-hybridized carbons (Fsp3) is 0.636. The lowest BCUT2D eigenvalue weighted by molar-refractivity contribution is 0.230. The summed E-state index contributed by atoms with van der Waals surface area (Å²) >= 11 is 3.36. The van der Waals surface area contributed by atoms with Gasteiger partial charge in [0.2, 0.25) is 5.88 Å². The molecule has 0 aliphatic heterocycles. The Morgan fingerprint density at radius 1 is 1.27 bits per heavy atom. The van der Waals surface area contributed by atoms with Crippen LogP contribution in [0.4, 0.5) is 0 Å². The Labute approximate surface area is 99.4 Å². The van der Waals surface area contributed by atoms with E-state index in [4.69, 9.17) is 4.74 Å². The molecule has 0 unspecified atom stereocenters. The average molecular weight is 273 g/mol. The van der Waals surface area contributed by atoms with E-state index in [-0.39, 0.29) is 11.5 Å². The molecule has 0 fully saturated rings. The zero-order chi connectivity index (χ0) is 11.6. The molecule has 0 aliphatic rings. The summed E-state index contributed by atoms with van der Waals surface area (Å²) in [4.78, 5) is 8.72. The first-order valence-electron chi connectivity index (χ1n) is 5.01. The van der Waals surface area contributed by atoms with Crippen LogP contribution in [0.3, 0.4) is 0 Å². The van der Waals surface area contributed by atoms with Gasteiger partial charge < -0.3 is 4.74 Å². The van der Waals surface area contributed by atoms with Gasteiger partial charge in [0.05, 0.1) is 6.10 Å². The van der Waals surface area contributed by atoms with Crippen molar-refractivity contribution in [1.29, 1.82) is 0 Å². The van der Waals surface area contributed by atoms with E-state index in [0.29, 0.717) is 5.88 Å². The van der Waals surface area contributed by atoms with Crippen molar-refractivity contribution in [1.82, 2.24) is 9.97 Å². The first kappa shape index (κ1) is 12.4. The fourth-order valence-corrected chi connectivity index (χ4v) is 1.40. The Balaban J connectivity index is 3.06. The Bertz CT molecular complexity index is 345. The zero-order valence-corrected chi connectivity index (χ0v) is 11.4. The van der Waals surface area contributed by atoms with Crippen LogP contribution < -0.4 is 4.74 Å².